The Balaban J connectivity index is 1.59. The minimum atomic E-state index is -3.39. The summed E-state index contributed by atoms with van der Waals surface area (Å²) in [6, 6.07) is 58.4. The average Bonchev–Trinajstić information content (AvgIpc) is 3.34. The zero-order valence-corrected chi connectivity index (χ0v) is 24.1. The van der Waals surface area contributed by atoms with Crippen LogP contribution >= 0.6 is 0 Å². The van der Waals surface area contributed by atoms with E-state index in [1.54, 1.807) is 0 Å². The van der Waals surface area contributed by atoms with Gasteiger partial charge < -0.3 is 0 Å². The van der Waals surface area contributed by atoms with E-state index < -0.39 is 13.3 Å². The molecule has 0 N–H and O–H groups in total. The Morgan fingerprint density at radius 2 is 0.923 bits per heavy atom. The summed E-state index contributed by atoms with van der Waals surface area (Å²) in [5.41, 5.74) is 5.04. The number of hydrogen-bond donors (Lipinski definition) is 0. The van der Waals surface area contributed by atoms with Gasteiger partial charge in [0.15, 0.2) is 0 Å². The van der Waals surface area contributed by atoms with Crippen LogP contribution in [0.4, 0.5) is 0 Å². The number of fused-ring (bicyclic) bond motifs is 3. The van der Waals surface area contributed by atoms with Gasteiger partial charge >= 0.3 is 233 Å². The summed E-state index contributed by atoms with van der Waals surface area (Å²) in [5, 5.41) is 2.58. The zero-order chi connectivity index (χ0) is 26.2. The molecular formula is C37H29GeN. The fourth-order valence-electron chi connectivity index (χ4n) is 6.42. The van der Waals surface area contributed by atoms with E-state index in [9.17, 15) is 0 Å². The minimum absolute atomic E-state index is 1.21. The molecule has 1 nitrogen and oxygen atoms in total. The molecule has 186 valence electrons. The van der Waals surface area contributed by atoms with Crippen molar-refractivity contribution in [2.24, 2.45) is 0 Å². The molecule has 0 radical (unpaired) electrons. The van der Waals surface area contributed by atoms with Gasteiger partial charge in [0.05, 0.1) is 0 Å². The van der Waals surface area contributed by atoms with Gasteiger partial charge in [0.25, 0.3) is 0 Å². The molecule has 39 heavy (non-hydrogen) atoms. The second kappa shape index (κ2) is 9.76. The molecule has 0 aliphatic rings. The van der Waals surface area contributed by atoms with Crippen LogP contribution < -0.4 is 17.6 Å². The molecule has 0 bridgehead atoms. The number of nitrogens with zero attached hydrogens (tertiary/aromatic N) is 1. The first-order chi connectivity index (χ1) is 19.3. The third-order valence-corrected chi connectivity index (χ3v) is 18.5. The molecule has 1 aromatic heterocycles. The number of hydrogen-bond acceptors (Lipinski definition) is 0. The van der Waals surface area contributed by atoms with E-state index >= 15 is 0 Å². The SMILES string of the molecule is Cc1cccc[c]1[Ge]([c]1ccccc1)([c]1ccccc1)[c]1cccc(-n2c3ccccc3c3ccccc32)c1. The molecular weight excluding hydrogens is 531 g/mol. The summed E-state index contributed by atoms with van der Waals surface area (Å²) in [6.07, 6.45) is 0. The first-order valence-electron chi connectivity index (χ1n) is 13.5. The molecule has 0 aliphatic carbocycles. The van der Waals surface area contributed by atoms with Crippen LogP contribution in [0, 0.1) is 6.92 Å². The Bertz CT molecular complexity index is 1830. The molecule has 0 unspecified atom stereocenters. The normalized spacial score (nSPS) is 11.7. The molecule has 0 atom stereocenters. The van der Waals surface area contributed by atoms with Crippen molar-refractivity contribution in [3.8, 4) is 5.69 Å². The van der Waals surface area contributed by atoms with Crippen LogP contribution in [0.3, 0.4) is 0 Å². The number of aryl methyl sites for hydroxylation is 1. The van der Waals surface area contributed by atoms with Crippen molar-refractivity contribution < 1.29 is 0 Å². The van der Waals surface area contributed by atoms with Gasteiger partial charge in [0.2, 0.25) is 0 Å². The van der Waals surface area contributed by atoms with Crippen molar-refractivity contribution in [1.82, 2.24) is 4.57 Å². The number of para-hydroxylation sites is 2. The molecule has 0 spiro atoms. The Hall–Kier alpha value is -4.34. The topological polar surface area (TPSA) is 4.93 Å². The van der Waals surface area contributed by atoms with Crippen LogP contribution in [0.15, 0.2) is 158 Å². The van der Waals surface area contributed by atoms with Crippen LogP contribution in [0.25, 0.3) is 27.5 Å². The predicted molar refractivity (Wildman–Crippen MR) is 169 cm³/mol. The Morgan fingerprint density at radius 1 is 0.436 bits per heavy atom. The summed E-state index contributed by atoms with van der Waals surface area (Å²) < 4.78 is 8.24. The summed E-state index contributed by atoms with van der Waals surface area (Å²) in [4.78, 5) is 0. The van der Waals surface area contributed by atoms with E-state index in [0.29, 0.717) is 0 Å². The van der Waals surface area contributed by atoms with E-state index in [-0.39, 0.29) is 0 Å². The molecule has 7 aromatic rings. The maximum absolute atomic E-state index is 3.39. The molecule has 6 aromatic carbocycles. The molecule has 1 heterocycles. The van der Waals surface area contributed by atoms with Gasteiger partial charge in [0, 0.05) is 0 Å². The van der Waals surface area contributed by atoms with Gasteiger partial charge in [-0.3, -0.25) is 0 Å². The summed E-state index contributed by atoms with van der Waals surface area (Å²) in [7, 11) is 0. The van der Waals surface area contributed by atoms with Crippen LogP contribution in [-0.4, -0.2) is 17.8 Å². The third kappa shape index (κ3) is 3.77. The molecule has 0 saturated heterocycles. The quantitative estimate of drug-likeness (QED) is 0.213. The summed E-state index contributed by atoms with van der Waals surface area (Å²) in [5.74, 6) is 0. The van der Waals surface area contributed by atoms with Crippen LogP contribution in [0.2, 0.25) is 0 Å². The Labute approximate surface area is 232 Å². The Kier molecular flexibility index (Phi) is 5.94. The van der Waals surface area contributed by atoms with Crippen molar-refractivity contribution in [2.45, 2.75) is 6.92 Å². The van der Waals surface area contributed by atoms with Crippen molar-refractivity contribution >= 4 is 52.7 Å². The van der Waals surface area contributed by atoms with Crippen molar-refractivity contribution in [2.75, 3.05) is 0 Å². The maximum atomic E-state index is 2.48. The van der Waals surface area contributed by atoms with Crippen molar-refractivity contribution in [3.05, 3.63) is 163 Å². The van der Waals surface area contributed by atoms with E-state index in [0.717, 1.165) is 0 Å². The van der Waals surface area contributed by atoms with Crippen molar-refractivity contribution in [1.29, 1.82) is 0 Å². The first-order valence-corrected chi connectivity index (χ1v) is 17.7. The third-order valence-electron chi connectivity index (χ3n) is 8.08. The van der Waals surface area contributed by atoms with Gasteiger partial charge in [-0.25, -0.2) is 0 Å². The second-order valence-corrected chi connectivity index (χ2v) is 18.1. The van der Waals surface area contributed by atoms with E-state index in [1.807, 2.05) is 0 Å². The monoisotopic (exact) mass is 561 g/mol. The van der Waals surface area contributed by atoms with E-state index in [4.69, 9.17) is 0 Å². The summed E-state index contributed by atoms with van der Waals surface area (Å²) in [6.45, 7) is 2.28. The molecule has 0 saturated carbocycles. The van der Waals surface area contributed by atoms with Crippen molar-refractivity contribution in [3.63, 3.8) is 0 Å². The fraction of sp³-hybridized carbons (Fsp3) is 0.0270. The second-order valence-electron chi connectivity index (χ2n) is 10.2. The van der Waals surface area contributed by atoms with Crippen LogP contribution in [0.5, 0.6) is 0 Å². The standard InChI is InChI=1S/C37H29GeN/c1-28-15-8-11-24-35(28)38(29-16-4-2-5-17-29,30-18-6-3-7-19-30)31-20-14-21-32(27-31)39-36-25-12-9-22-33(36)34-23-10-13-26-37(34)39/h2-27H,1H3. The van der Waals surface area contributed by atoms with Gasteiger partial charge in [0.1, 0.15) is 0 Å². The zero-order valence-electron chi connectivity index (χ0n) is 22.0. The van der Waals surface area contributed by atoms with Gasteiger partial charge in [-0.15, -0.1) is 0 Å². The molecule has 0 fully saturated rings. The summed E-state index contributed by atoms with van der Waals surface area (Å²) >= 11 is -3.39. The molecule has 7 rings (SSSR count). The molecule has 0 aliphatic heterocycles. The van der Waals surface area contributed by atoms with Gasteiger partial charge in [-0.05, 0) is 0 Å². The number of aromatic nitrogens is 1. The van der Waals surface area contributed by atoms with Gasteiger partial charge in [-0.1, -0.05) is 0 Å². The first kappa shape index (κ1) is 23.8. The fourth-order valence-corrected chi connectivity index (χ4v) is 17.0. The Morgan fingerprint density at radius 3 is 1.51 bits per heavy atom. The van der Waals surface area contributed by atoms with Crippen LogP contribution in [-0.2, 0) is 0 Å². The molecule has 2 heteroatoms. The van der Waals surface area contributed by atoms with Gasteiger partial charge in [-0.2, -0.15) is 0 Å². The predicted octanol–water partition coefficient (Wildman–Crippen LogP) is 6.47. The van der Waals surface area contributed by atoms with Crippen LogP contribution in [0.1, 0.15) is 5.56 Å². The van der Waals surface area contributed by atoms with E-state index in [1.165, 1.54) is 50.6 Å². The number of rotatable bonds is 5. The molecule has 0 amide bonds. The number of benzene rings is 6. The average molecular weight is 560 g/mol. The van der Waals surface area contributed by atoms with E-state index in [2.05, 4.69) is 169 Å².